The lowest BCUT2D eigenvalue weighted by Crippen LogP contribution is -2.27. The predicted molar refractivity (Wildman–Crippen MR) is 99.9 cm³/mol. The maximum Gasteiger partial charge on any atom is 0.251 e. The average molecular weight is 339 g/mol. The summed E-state index contributed by atoms with van der Waals surface area (Å²) in [5, 5.41) is 3.92. The molecule has 5 heteroatoms. The first-order valence-electron chi connectivity index (χ1n) is 8.71. The van der Waals surface area contributed by atoms with Gasteiger partial charge in [0, 0.05) is 48.9 Å². The summed E-state index contributed by atoms with van der Waals surface area (Å²) >= 11 is 0. The Kier molecular flexibility index (Phi) is 4.66. The summed E-state index contributed by atoms with van der Waals surface area (Å²) in [4.78, 5) is 30.2. The molecule has 132 valence electrons. The molecule has 0 spiro atoms. The molecule has 0 bridgehead atoms. The lowest BCUT2D eigenvalue weighted by atomic mass is 9.90. The molecule has 5 nitrogen and oxygen atoms in total. The average Bonchev–Trinajstić information content (AvgIpc) is 2.93. The largest absolute Gasteiger partial charge is 0.383 e. The number of amides is 1. The highest BCUT2D eigenvalue weighted by Gasteiger charge is 2.26. The van der Waals surface area contributed by atoms with E-state index in [1.807, 2.05) is 37.3 Å². The van der Waals surface area contributed by atoms with Gasteiger partial charge in [-0.2, -0.15) is 0 Å². The summed E-state index contributed by atoms with van der Waals surface area (Å²) in [6, 6.07) is 5.59. The van der Waals surface area contributed by atoms with Crippen LogP contribution in [0.2, 0.25) is 0 Å². The zero-order valence-corrected chi connectivity index (χ0v) is 15.3. The van der Waals surface area contributed by atoms with E-state index in [9.17, 15) is 9.59 Å². The van der Waals surface area contributed by atoms with E-state index >= 15 is 0 Å². The van der Waals surface area contributed by atoms with E-state index in [-0.39, 0.29) is 11.7 Å². The van der Waals surface area contributed by atoms with E-state index in [0.717, 1.165) is 34.9 Å². The van der Waals surface area contributed by atoms with E-state index in [4.69, 9.17) is 0 Å². The molecule has 1 aliphatic carbocycles. The summed E-state index contributed by atoms with van der Waals surface area (Å²) in [6.07, 6.45) is 3.42. The molecule has 1 aliphatic rings. The molecule has 1 heterocycles. The molecule has 2 aromatic rings. The number of Topliss-reactive ketones (excluding diaryl/α,β-unsaturated/α-hetero) is 1. The molecule has 1 amide bonds. The second-order valence-electron chi connectivity index (χ2n) is 7.29. The molecule has 0 radical (unpaired) electrons. The van der Waals surface area contributed by atoms with Gasteiger partial charge in [-0.15, -0.1) is 0 Å². The van der Waals surface area contributed by atoms with Crippen LogP contribution < -0.4 is 5.32 Å². The highest BCUT2D eigenvalue weighted by atomic mass is 16.1. The van der Waals surface area contributed by atoms with Crippen LogP contribution in [0.1, 0.15) is 46.7 Å². The fourth-order valence-corrected chi connectivity index (χ4v) is 3.21. The summed E-state index contributed by atoms with van der Waals surface area (Å²) in [5.41, 5.74) is 4.05. The van der Waals surface area contributed by atoms with E-state index in [1.54, 1.807) is 6.07 Å². The first kappa shape index (κ1) is 17.3. The number of carbonyl (C=O) groups excluding carboxylic acids is 2. The van der Waals surface area contributed by atoms with Crippen LogP contribution in [-0.2, 0) is 6.42 Å². The van der Waals surface area contributed by atoms with E-state index in [0.29, 0.717) is 23.7 Å². The van der Waals surface area contributed by atoms with Gasteiger partial charge in [0.05, 0.1) is 5.69 Å². The van der Waals surface area contributed by atoms with Crippen LogP contribution in [-0.4, -0.2) is 42.2 Å². The van der Waals surface area contributed by atoms with Crippen molar-refractivity contribution < 1.29 is 9.59 Å². The normalized spacial score (nSPS) is 15.7. The minimum atomic E-state index is -0.0686. The second kappa shape index (κ2) is 6.75. The number of nitrogens with zero attached hydrogens (tertiary/aromatic N) is 1. The van der Waals surface area contributed by atoms with Crippen LogP contribution in [0.15, 0.2) is 30.0 Å². The number of aromatic nitrogens is 1. The number of aromatic amines is 1. The Balaban J connectivity index is 1.95. The van der Waals surface area contributed by atoms with Gasteiger partial charge in [0.1, 0.15) is 0 Å². The van der Waals surface area contributed by atoms with Crippen molar-refractivity contribution in [2.45, 2.75) is 26.7 Å². The highest BCUT2D eigenvalue weighted by Crippen LogP contribution is 2.32. The molecular formula is C20H25N3O2. The van der Waals surface area contributed by atoms with Crippen molar-refractivity contribution in [3.8, 4) is 0 Å². The van der Waals surface area contributed by atoms with Crippen molar-refractivity contribution in [1.29, 1.82) is 0 Å². The summed E-state index contributed by atoms with van der Waals surface area (Å²) < 4.78 is 0. The minimum Gasteiger partial charge on any atom is -0.383 e. The quantitative estimate of drug-likeness (QED) is 0.841. The molecule has 25 heavy (non-hydrogen) atoms. The number of allylic oxidation sites excluding steroid dienone is 1. The van der Waals surface area contributed by atoms with Crippen LogP contribution >= 0.6 is 0 Å². The fourth-order valence-electron chi connectivity index (χ4n) is 3.21. The lowest BCUT2D eigenvalue weighted by Gasteiger charge is -2.16. The first-order chi connectivity index (χ1) is 11.9. The Morgan fingerprint density at radius 2 is 2.08 bits per heavy atom. The number of hydrogen-bond donors (Lipinski definition) is 2. The van der Waals surface area contributed by atoms with Gasteiger partial charge in [-0.25, -0.2) is 0 Å². The molecule has 2 N–H and O–H groups in total. The molecule has 0 saturated heterocycles. The summed E-state index contributed by atoms with van der Waals surface area (Å²) in [6.45, 7) is 4.78. The van der Waals surface area contributed by atoms with E-state index < -0.39 is 0 Å². The van der Waals surface area contributed by atoms with Gasteiger partial charge >= 0.3 is 0 Å². The molecule has 3 rings (SSSR count). The van der Waals surface area contributed by atoms with Crippen molar-refractivity contribution in [2.24, 2.45) is 5.92 Å². The number of fused-ring (bicyclic) bond motifs is 3. The maximum absolute atomic E-state index is 12.7. The summed E-state index contributed by atoms with van der Waals surface area (Å²) in [5.74, 6) is 0.394. The topological polar surface area (TPSA) is 65.2 Å². The third-order valence-electron chi connectivity index (χ3n) is 4.42. The van der Waals surface area contributed by atoms with Gasteiger partial charge in [0.15, 0.2) is 0 Å². The Labute approximate surface area is 148 Å². The number of benzene rings is 1. The number of nitrogens with one attached hydrogen (secondary N) is 2. The summed E-state index contributed by atoms with van der Waals surface area (Å²) in [7, 11) is 3.84. The smallest absolute Gasteiger partial charge is 0.251 e. The van der Waals surface area contributed by atoms with Gasteiger partial charge in [0.25, 0.3) is 5.91 Å². The van der Waals surface area contributed by atoms with Gasteiger partial charge < -0.3 is 15.2 Å². The monoisotopic (exact) mass is 339 g/mol. The van der Waals surface area contributed by atoms with Crippen LogP contribution in [0.5, 0.6) is 0 Å². The third-order valence-corrected chi connectivity index (χ3v) is 4.42. The second-order valence-corrected chi connectivity index (χ2v) is 7.29. The van der Waals surface area contributed by atoms with Gasteiger partial charge in [0.2, 0.25) is 5.78 Å². The van der Waals surface area contributed by atoms with Crippen LogP contribution in [0, 0.1) is 5.92 Å². The number of aryl methyl sites for hydroxylation is 1. The number of ketones is 1. The predicted octanol–water partition coefficient (Wildman–Crippen LogP) is 3.13. The fraction of sp³-hybridized carbons (Fsp3) is 0.400. The zero-order chi connectivity index (χ0) is 18.1. The van der Waals surface area contributed by atoms with Crippen LogP contribution in [0.3, 0.4) is 0 Å². The number of H-pyrrole nitrogens is 1. The Morgan fingerprint density at radius 3 is 2.76 bits per heavy atom. The lowest BCUT2D eigenvalue weighted by molar-refractivity contribution is 0.0948. The Bertz CT molecular complexity index is 859. The zero-order valence-electron chi connectivity index (χ0n) is 15.3. The van der Waals surface area contributed by atoms with Crippen molar-refractivity contribution in [3.63, 3.8) is 0 Å². The molecule has 0 unspecified atom stereocenters. The standard InChI is InChI=1S/C20H25N3O2/c1-12(2)10-21-20(25)13-6-8-17-16(9-13)15-7-5-14(11-23(3)4)19(24)18(15)22-17/h6,8-9,11-12,22H,5,7,10H2,1-4H3,(H,21,25)/b14-11-. The first-order valence-corrected chi connectivity index (χ1v) is 8.71. The molecule has 1 aromatic heterocycles. The van der Waals surface area contributed by atoms with Gasteiger partial charge in [-0.3, -0.25) is 9.59 Å². The van der Waals surface area contributed by atoms with Crippen molar-refractivity contribution >= 4 is 22.6 Å². The van der Waals surface area contributed by atoms with E-state index in [2.05, 4.69) is 24.1 Å². The Morgan fingerprint density at radius 1 is 1.32 bits per heavy atom. The SMILES string of the molecule is CC(C)CNC(=O)c1ccc2[nH]c3c(c2c1)CC/C(=C/N(C)C)C3=O. The molecule has 0 fully saturated rings. The molecule has 0 saturated carbocycles. The number of rotatable bonds is 4. The molecule has 1 aromatic carbocycles. The highest BCUT2D eigenvalue weighted by molar-refractivity contribution is 6.13. The third kappa shape index (κ3) is 3.45. The molecular weight excluding hydrogens is 314 g/mol. The number of carbonyl (C=O) groups is 2. The Hall–Kier alpha value is -2.56. The van der Waals surface area contributed by atoms with Gasteiger partial charge in [-0.05, 0) is 42.5 Å². The minimum absolute atomic E-state index is 0.0527. The van der Waals surface area contributed by atoms with Gasteiger partial charge in [-0.1, -0.05) is 13.8 Å². The van der Waals surface area contributed by atoms with Crippen LogP contribution in [0.25, 0.3) is 10.9 Å². The van der Waals surface area contributed by atoms with Crippen LogP contribution in [0.4, 0.5) is 0 Å². The molecule has 0 aliphatic heterocycles. The number of hydrogen-bond acceptors (Lipinski definition) is 3. The van der Waals surface area contributed by atoms with Crippen molar-refractivity contribution in [1.82, 2.24) is 15.2 Å². The van der Waals surface area contributed by atoms with Crippen molar-refractivity contribution in [3.05, 3.63) is 46.8 Å². The molecule has 0 atom stereocenters. The maximum atomic E-state index is 12.7. The van der Waals surface area contributed by atoms with E-state index in [1.165, 1.54) is 0 Å². The van der Waals surface area contributed by atoms with Crippen molar-refractivity contribution in [2.75, 3.05) is 20.6 Å².